The van der Waals surface area contributed by atoms with E-state index in [9.17, 15) is 4.39 Å². The summed E-state index contributed by atoms with van der Waals surface area (Å²) in [7, 11) is 0. The summed E-state index contributed by atoms with van der Waals surface area (Å²) < 4.78 is 13.7. The quantitative estimate of drug-likeness (QED) is 0.468. The van der Waals surface area contributed by atoms with Gasteiger partial charge in [-0.15, -0.1) is 0 Å². The van der Waals surface area contributed by atoms with Gasteiger partial charge < -0.3 is 10.3 Å². The number of nitrogens with zero attached hydrogens (tertiary/aromatic N) is 3. The van der Waals surface area contributed by atoms with Crippen molar-refractivity contribution >= 4 is 23.7 Å². The van der Waals surface area contributed by atoms with Crippen molar-refractivity contribution in [3.63, 3.8) is 0 Å². The molecule has 0 saturated carbocycles. The van der Waals surface area contributed by atoms with Crippen LogP contribution in [0.2, 0.25) is 0 Å². The number of benzene rings is 1. The van der Waals surface area contributed by atoms with E-state index in [4.69, 9.17) is 4.98 Å². The highest BCUT2D eigenvalue weighted by Crippen LogP contribution is 2.27. The van der Waals surface area contributed by atoms with Crippen LogP contribution in [0.15, 0.2) is 59.8 Å². The zero-order valence-electron chi connectivity index (χ0n) is 17.7. The maximum absolute atomic E-state index is 13.7. The monoisotopic (exact) mass is 426 g/mol. The lowest BCUT2D eigenvalue weighted by Crippen LogP contribution is -2.22. The van der Waals surface area contributed by atoms with Crippen molar-refractivity contribution in [2.24, 2.45) is 0 Å². The third-order valence-corrected chi connectivity index (χ3v) is 5.69. The molecule has 4 heterocycles. The van der Waals surface area contributed by atoms with Crippen molar-refractivity contribution in [3.8, 4) is 22.8 Å². The van der Waals surface area contributed by atoms with E-state index >= 15 is 0 Å². The van der Waals surface area contributed by atoms with Gasteiger partial charge in [-0.1, -0.05) is 30.9 Å². The molecule has 0 spiro atoms. The van der Waals surface area contributed by atoms with E-state index in [0.717, 1.165) is 35.6 Å². The first kappa shape index (κ1) is 20.1. The minimum absolute atomic E-state index is 0.312. The molecule has 0 radical (unpaired) electrons. The average molecular weight is 426 g/mol. The molecule has 3 N–H and O–H groups in total. The summed E-state index contributed by atoms with van der Waals surface area (Å²) >= 11 is 0. The Labute approximate surface area is 184 Å². The number of aromatic amines is 2. The van der Waals surface area contributed by atoms with Gasteiger partial charge in [-0.3, -0.25) is 10.1 Å². The van der Waals surface area contributed by atoms with Crippen LogP contribution in [0.25, 0.3) is 46.5 Å². The molecule has 0 fully saturated rings. The van der Waals surface area contributed by atoms with Gasteiger partial charge in [-0.25, -0.2) is 9.37 Å². The summed E-state index contributed by atoms with van der Waals surface area (Å²) in [6.07, 6.45) is 9.03. The molecule has 0 aliphatic carbocycles. The average Bonchev–Trinajstić information content (AvgIpc) is 3.41. The van der Waals surface area contributed by atoms with Crippen molar-refractivity contribution in [2.45, 2.75) is 13.3 Å². The van der Waals surface area contributed by atoms with Crippen LogP contribution in [0.1, 0.15) is 13.3 Å². The molecule has 0 atom stereocenters. The molecule has 0 bridgehead atoms. The molecule has 4 aromatic rings. The third-order valence-electron chi connectivity index (χ3n) is 5.69. The van der Waals surface area contributed by atoms with Crippen molar-refractivity contribution in [1.29, 1.82) is 0 Å². The van der Waals surface area contributed by atoms with Gasteiger partial charge in [0.2, 0.25) is 0 Å². The second-order valence-electron chi connectivity index (χ2n) is 7.82. The fraction of sp³-hybridized carbons (Fsp3) is 0.160. The number of H-pyrrole nitrogens is 2. The molecule has 160 valence electrons. The lowest BCUT2D eigenvalue weighted by molar-refractivity contribution is 0.628. The molecule has 3 aromatic heterocycles. The molecule has 0 unspecified atom stereocenters. The van der Waals surface area contributed by atoms with Crippen LogP contribution in [-0.2, 0) is 0 Å². The van der Waals surface area contributed by atoms with E-state index < -0.39 is 0 Å². The number of aromatic nitrogens is 5. The molecule has 6 nitrogen and oxygen atoms in total. The molecule has 1 aliphatic heterocycles. The second kappa shape index (κ2) is 8.36. The SMILES string of the molecule is C=c1c(-c2nc3c(-c4cccc(F)c4)nccc3[nH]2)n[nH]/c1=C/C=C(\C)C1=CCNCC1. The van der Waals surface area contributed by atoms with E-state index in [2.05, 4.69) is 51.1 Å². The lowest BCUT2D eigenvalue weighted by Gasteiger charge is -2.13. The lowest BCUT2D eigenvalue weighted by atomic mass is 10.0. The Morgan fingerprint density at radius 1 is 1.22 bits per heavy atom. The van der Waals surface area contributed by atoms with E-state index in [-0.39, 0.29) is 5.82 Å². The fourth-order valence-electron chi connectivity index (χ4n) is 3.90. The molecule has 1 aliphatic rings. The van der Waals surface area contributed by atoms with Gasteiger partial charge >= 0.3 is 0 Å². The number of hydrogen-bond donors (Lipinski definition) is 3. The Morgan fingerprint density at radius 2 is 2.12 bits per heavy atom. The van der Waals surface area contributed by atoms with Crippen LogP contribution in [0.3, 0.4) is 0 Å². The third kappa shape index (κ3) is 3.78. The summed E-state index contributed by atoms with van der Waals surface area (Å²) in [5, 5.41) is 12.4. The maximum atomic E-state index is 13.7. The highest BCUT2D eigenvalue weighted by Gasteiger charge is 2.14. The number of allylic oxidation sites excluding steroid dienone is 2. The van der Waals surface area contributed by atoms with E-state index in [1.807, 2.05) is 18.2 Å². The zero-order valence-corrected chi connectivity index (χ0v) is 17.7. The van der Waals surface area contributed by atoms with Crippen molar-refractivity contribution < 1.29 is 4.39 Å². The van der Waals surface area contributed by atoms with Gasteiger partial charge in [0.15, 0.2) is 5.82 Å². The number of pyridine rings is 1. The van der Waals surface area contributed by atoms with Crippen molar-refractivity contribution in [2.75, 3.05) is 13.1 Å². The van der Waals surface area contributed by atoms with Gasteiger partial charge in [0.05, 0.1) is 16.6 Å². The highest BCUT2D eigenvalue weighted by molar-refractivity contribution is 5.91. The van der Waals surface area contributed by atoms with Crippen LogP contribution >= 0.6 is 0 Å². The molecule has 7 heteroatoms. The van der Waals surface area contributed by atoms with Crippen LogP contribution in [0.5, 0.6) is 0 Å². The summed E-state index contributed by atoms with van der Waals surface area (Å²) in [4.78, 5) is 12.4. The number of rotatable bonds is 4. The number of imidazole rings is 1. The largest absolute Gasteiger partial charge is 0.336 e. The summed E-state index contributed by atoms with van der Waals surface area (Å²) in [5.41, 5.74) is 5.99. The van der Waals surface area contributed by atoms with E-state index in [0.29, 0.717) is 28.3 Å². The van der Waals surface area contributed by atoms with Crippen LogP contribution in [0.4, 0.5) is 4.39 Å². The van der Waals surface area contributed by atoms with Crippen LogP contribution in [0, 0.1) is 5.82 Å². The molecule has 32 heavy (non-hydrogen) atoms. The Balaban J connectivity index is 1.53. The number of hydrogen-bond acceptors (Lipinski definition) is 4. The van der Waals surface area contributed by atoms with E-state index in [1.165, 1.54) is 23.3 Å². The predicted octanol–water partition coefficient (Wildman–Crippen LogP) is 3.21. The Kier molecular flexibility index (Phi) is 5.25. The number of halogens is 1. The fourth-order valence-corrected chi connectivity index (χ4v) is 3.90. The topological polar surface area (TPSA) is 82.3 Å². The Bertz CT molecular complexity index is 1470. The molecule has 5 rings (SSSR count). The van der Waals surface area contributed by atoms with Gasteiger partial charge in [-0.2, -0.15) is 5.10 Å². The summed E-state index contributed by atoms with van der Waals surface area (Å²) in [6, 6.07) is 8.19. The van der Waals surface area contributed by atoms with Gasteiger partial charge in [-0.05, 0) is 55.3 Å². The van der Waals surface area contributed by atoms with Gasteiger partial charge in [0, 0.05) is 23.5 Å². The Hall–Kier alpha value is -3.84. The first-order valence-corrected chi connectivity index (χ1v) is 10.5. The summed E-state index contributed by atoms with van der Waals surface area (Å²) in [5.74, 6) is 0.279. The molecule has 0 amide bonds. The molecular formula is C25H23FN6. The first-order valence-electron chi connectivity index (χ1n) is 10.5. The first-order chi connectivity index (χ1) is 15.6. The number of nitrogens with one attached hydrogen (secondary N) is 3. The van der Waals surface area contributed by atoms with Crippen LogP contribution in [-0.4, -0.2) is 38.2 Å². The molecule has 1 aromatic carbocycles. The molecule has 0 saturated heterocycles. The number of fused-ring (bicyclic) bond motifs is 1. The normalized spacial score (nSPS) is 15.4. The zero-order chi connectivity index (χ0) is 22.1. The standard InChI is InChI=1S/C25H23FN6/c1-15(17-8-11-27-12-9-17)6-7-20-16(2)22(32-31-20)25-29-21-10-13-28-23(24(21)30-25)18-4-3-5-19(26)14-18/h3-8,10,13-14,27,31H,2,9,11-12H2,1H3,(H,29,30)/b15-6+,20-7+. The van der Waals surface area contributed by atoms with Gasteiger partial charge in [0.1, 0.15) is 17.0 Å². The van der Waals surface area contributed by atoms with Gasteiger partial charge in [0.25, 0.3) is 0 Å². The van der Waals surface area contributed by atoms with Crippen LogP contribution < -0.4 is 15.9 Å². The van der Waals surface area contributed by atoms with Crippen molar-refractivity contribution in [3.05, 3.63) is 76.2 Å². The minimum atomic E-state index is -0.312. The molecular weight excluding hydrogens is 403 g/mol. The van der Waals surface area contributed by atoms with Crippen molar-refractivity contribution in [1.82, 2.24) is 30.5 Å². The second-order valence-corrected chi connectivity index (χ2v) is 7.82. The van der Waals surface area contributed by atoms with E-state index in [1.54, 1.807) is 12.3 Å². The predicted molar refractivity (Wildman–Crippen MR) is 125 cm³/mol. The summed E-state index contributed by atoms with van der Waals surface area (Å²) in [6.45, 7) is 8.24. The Morgan fingerprint density at radius 3 is 2.94 bits per heavy atom. The smallest absolute Gasteiger partial charge is 0.159 e. The minimum Gasteiger partial charge on any atom is -0.336 e. The maximum Gasteiger partial charge on any atom is 0.159 e. The highest BCUT2D eigenvalue weighted by atomic mass is 19.1.